The second-order valence-corrected chi connectivity index (χ2v) is 5.45. The highest BCUT2D eigenvalue weighted by atomic mass is 16.6. The Hall–Kier alpha value is -1.59. The Bertz CT molecular complexity index is 323. The van der Waals surface area contributed by atoms with Gasteiger partial charge in [-0.15, -0.1) is 0 Å². The van der Waals surface area contributed by atoms with E-state index in [2.05, 4.69) is 10.6 Å². The summed E-state index contributed by atoms with van der Waals surface area (Å²) in [6.07, 6.45) is 0.996. The van der Waals surface area contributed by atoms with E-state index in [4.69, 9.17) is 4.74 Å². The fraction of sp³-hybridized carbons (Fsp3) is 0.769. The van der Waals surface area contributed by atoms with Gasteiger partial charge in [-0.2, -0.15) is 0 Å². The van der Waals surface area contributed by atoms with Crippen molar-refractivity contribution in [3.63, 3.8) is 0 Å². The van der Waals surface area contributed by atoms with Crippen molar-refractivity contribution < 1.29 is 19.1 Å². The van der Waals surface area contributed by atoms with Gasteiger partial charge in [0.1, 0.15) is 11.6 Å². The molecule has 0 heterocycles. The number of hydrogen-bond donors (Lipinski definition) is 2. The second-order valence-electron chi connectivity index (χ2n) is 5.45. The minimum absolute atomic E-state index is 0.0120. The molecule has 0 saturated carbocycles. The highest BCUT2D eigenvalue weighted by Gasteiger charge is 2.25. The van der Waals surface area contributed by atoms with Crippen LogP contribution in [0, 0.1) is 0 Å². The maximum Gasteiger partial charge on any atom is 0.308 e. The summed E-state index contributed by atoms with van der Waals surface area (Å²) in [4.78, 5) is 34.0. The number of carbonyl (C=O) groups excluding carboxylic acids is 3. The van der Waals surface area contributed by atoms with Gasteiger partial charge in [0.25, 0.3) is 0 Å². The summed E-state index contributed by atoms with van der Waals surface area (Å²) in [6, 6.07) is -0.913. The molecule has 6 heteroatoms. The number of rotatable bonds is 7. The fourth-order valence-corrected chi connectivity index (χ4v) is 1.30. The van der Waals surface area contributed by atoms with E-state index in [-0.39, 0.29) is 18.4 Å². The first-order chi connectivity index (χ1) is 8.69. The molecule has 0 aromatic rings. The predicted molar refractivity (Wildman–Crippen MR) is 71.3 cm³/mol. The molecule has 0 spiro atoms. The zero-order chi connectivity index (χ0) is 15.1. The first-order valence-corrected chi connectivity index (χ1v) is 6.41. The number of nitrogens with one attached hydrogen (secondary N) is 2. The average molecular weight is 272 g/mol. The van der Waals surface area contributed by atoms with Crippen molar-refractivity contribution >= 4 is 18.3 Å². The topological polar surface area (TPSA) is 84.5 Å². The van der Waals surface area contributed by atoms with Gasteiger partial charge in [-0.3, -0.25) is 14.4 Å². The van der Waals surface area contributed by atoms with Crippen molar-refractivity contribution in [2.24, 2.45) is 0 Å². The van der Waals surface area contributed by atoms with Crippen molar-refractivity contribution in [3.8, 4) is 0 Å². The standard InChI is InChI=1S/C13H24N2O4/c1-6-9(2)15-12(18)10(14-8-16)7-11(17)19-13(3,4)5/h8-10H,6-7H2,1-5H3,(H,14,16)(H,15,18). The summed E-state index contributed by atoms with van der Waals surface area (Å²) in [6.45, 7) is 9.01. The lowest BCUT2D eigenvalue weighted by atomic mass is 10.1. The normalized spacial score (nSPS) is 14.2. The smallest absolute Gasteiger partial charge is 0.308 e. The Labute approximate surface area is 114 Å². The van der Waals surface area contributed by atoms with Crippen LogP contribution in [0.25, 0.3) is 0 Å². The lowest BCUT2D eigenvalue weighted by Crippen LogP contribution is -2.48. The summed E-state index contributed by atoms with van der Waals surface area (Å²) in [5.74, 6) is -0.904. The molecule has 0 aliphatic rings. The van der Waals surface area contributed by atoms with Crippen LogP contribution in [0.2, 0.25) is 0 Å². The second kappa shape index (κ2) is 7.76. The first kappa shape index (κ1) is 17.4. The van der Waals surface area contributed by atoms with E-state index in [1.165, 1.54) is 0 Å². The molecule has 0 bridgehead atoms. The lowest BCUT2D eigenvalue weighted by molar-refractivity contribution is -0.156. The Kier molecular flexibility index (Phi) is 7.11. The minimum atomic E-state index is -0.902. The minimum Gasteiger partial charge on any atom is -0.460 e. The van der Waals surface area contributed by atoms with E-state index in [1.807, 2.05) is 13.8 Å². The lowest BCUT2D eigenvalue weighted by Gasteiger charge is -2.22. The molecule has 0 aliphatic heterocycles. The molecule has 6 nitrogen and oxygen atoms in total. The maximum absolute atomic E-state index is 11.9. The predicted octanol–water partition coefficient (Wildman–Crippen LogP) is 0.747. The fourth-order valence-electron chi connectivity index (χ4n) is 1.30. The first-order valence-electron chi connectivity index (χ1n) is 6.41. The Morgan fingerprint density at radius 3 is 2.32 bits per heavy atom. The van der Waals surface area contributed by atoms with Crippen LogP contribution in [0.3, 0.4) is 0 Å². The van der Waals surface area contributed by atoms with Gasteiger partial charge in [-0.25, -0.2) is 0 Å². The Balaban J connectivity index is 4.52. The molecule has 0 saturated heterocycles. The molecule has 2 atom stereocenters. The van der Waals surface area contributed by atoms with Gasteiger partial charge in [-0.05, 0) is 34.1 Å². The van der Waals surface area contributed by atoms with Gasteiger partial charge in [0.05, 0.1) is 6.42 Å². The number of esters is 1. The quantitative estimate of drug-likeness (QED) is 0.529. The SMILES string of the molecule is CCC(C)NC(=O)C(CC(=O)OC(C)(C)C)NC=O. The van der Waals surface area contributed by atoms with Crippen molar-refractivity contribution in [2.75, 3.05) is 0 Å². The molecule has 19 heavy (non-hydrogen) atoms. The summed E-state index contributed by atoms with van der Waals surface area (Å²) < 4.78 is 5.12. The van der Waals surface area contributed by atoms with E-state index >= 15 is 0 Å². The van der Waals surface area contributed by atoms with E-state index in [1.54, 1.807) is 20.8 Å². The van der Waals surface area contributed by atoms with Gasteiger partial charge < -0.3 is 15.4 Å². The van der Waals surface area contributed by atoms with Gasteiger partial charge in [-0.1, -0.05) is 6.92 Å². The molecule has 0 aromatic carbocycles. The van der Waals surface area contributed by atoms with Crippen molar-refractivity contribution in [3.05, 3.63) is 0 Å². The van der Waals surface area contributed by atoms with Crippen LogP contribution in [-0.4, -0.2) is 36.0 Å². The van der Waals surface area contributed by atoms with Gasteiger partial charge in [0.15, 0.2) is 0 Å². The zero-order valence-corrected chi connectivity index (χ0v) is 12.3. The molecule has 0 aromatic heterocycles. The van der Waals surface area contributed by atoms with Crippen LogP contribution in [0.4, 0.5) is 0 Å². The van der Waals surface area contributed by atoms with Crippen LogP contribution in [-0.2, 0) is 19.1 Å². The Morgan fingerprint density at radius 1 is 1.32 bits per heavy atom. The summed E-state index contributed by atoms with van der Waals surface area (Å²) in [5.41, 5.74) is -0.615. The Morgan fingerprint density at radius 2 is 1.89 bits per heavy atom. The molecule has 110 valence electrons. The molecular weight excluding hydrogens is 248 g/mol. The van der Waals surface area contributed by atoms with Crippen molar-refractivity contribution in [1.82, 2.24) is 10.6 Å². The van der Waals surface area contributed by atoms with Gasteiger partial charge in [0, 0.05) is 6.04 Å². The summed E-state index contributed by atoms with van der Waals surface area (Å²) in [7, 11) is 0. The number of hydrogen-bond acceptors (Lipinski definition) is 4. The van der Waals surface area contributed by atoms with Crippen molar-refractivity contribution in [1.29, 1.82) is 0 Å². The summed E-state index contributed by atoms with van der Waals surface area (Å²) >= 11 is 0. The number of ether oxygens (including phenoxy) is 1. The zero-order valence-electron chi connectivity index (χ0n) is 12.3. The third-order valence-corrected chi connectivity index (χ3v) is 2.38. The molecule has 2 unspecified atom stereocenters. The van der Waals surface area contributed by atoms with Gasteiger partial charge >= 0.3 is 5.97 Å². The van der Waals surface area contributed by atoms with Crippen molar-refractivity contribution in [2.45, 2.75) is 65.1 Å². The van der Waals surface area contributed by atoms with Crippen LogP contribution < -0.4 is 10.6 Å². The third-order valence-electron chi connectivity index (χ3n) is 2.38. The highest BCUT2D eigenvalue weighted by Crippen LogP contribution is 2.09. The monoisotopic (exact) mass is 272 g/mol. The number of amides is 2. The van der Waals surface area contributed by atoms with Crippen LogP contribution in [0.15, 0.2) is 0 Å². The van der Waals surface area contributed by atoms with Gasteiger partial charge in [0.2, 0.25) is 12.3 Å². The van der Waals surface area contributed by atoms with E-state index < -0.39 is 17.6 Å². The molecule has 2 N–H and O–H groups in total. The van der Waals surface area contributed by atoms with E-state index in [9.17, 15) is 14.4 Å². The maximum atomic E-state index is 11.9. The molecule has 0 fully saturated rings. The number of carbonyl (C=O) groups is 3. The van der Waals surface area contributed by atoms with Crippen LogP contribution in [0.5, 0.6) is 0 Å². The van der Waals surface area contributed by atoms with E-state index in [0.717, 1.165) is 6.42 Å². The van der Waals surface area contributed by atoms with Crippen LogP contribution >= 0.6 is 0 Å². The average Bonchev–Trinajstić information content (AvgIpc) is 2.25. The molecule has 0 radical (unpaired) electrons. The molecule has 0 rings (SSSR count). The molecular formula is C13H24N2O4. The highest BCUT2D eigenvalue weighted by molar-refractivity contribution is 5.88. The van der Waals surface area contributed by atoms with E-state index in [0.29, 0.717) is 6.41 Å². The third kappa shape index (κ3) is 8.18. The van der Waals surface area contributed by atoms with Crippen LogP contribution in [0.1, 0.15) is 47.5 Å². The molecule has 0 aliphatic carbocycles. The molecule has 2 amide bonds. The summed E-state index contributed by atoms with van der Waals surface area (Å²) in [5, 5.41) is 5.05. The largest absolute Gasteiger partial charge is 0.460 e.